The van der Waals surface area contributed by atoms with Crippen LogP contribution < -0.4 is 0 Å². The molecular formula is C17H12Br2O3. The molecule has 0 radical (unpaired) electrons. The summed E-state index contributed by atoms with van der Waals surface area (Å²) in [5, 5.41) is 19.4. The number of carbonyl (C=O) groups excluding carboxylic acids is 1. The van der Waals surface area contributed by atoms with E-state index in [1.807, 2.05) is 0 Å². The van der Waals surface area contributed by atoms with Crippen LogP contribution in [0.2, 0.25) is 0 Å². The molecule has 0 aliphatic rings. The molecule has 5 heteroatoms. The van der Waals surface area contributed by atoms with Crippen molar-refractivity contribution in [2.75, 3.05) is 0 Å². The van der Waals surface area contributed by atoms with Crippen molar-refractivity contribution in [3.63, 3.8) is 0 Å². The molecule has 2 N–H and O–H groups in total. The second kappa shape index (κ2) is 7.42. The van der Waals surface area contributed by atoms with Crippen LogP contribution in [0, 0.1) is 0 Å². The van der Waals surface area contributed by atoms with Crippen LogP contribution in [0.25, 0.3) is 12.2 Å². The molecule has 0 aliphatic heterocycles. The maximum atomic E-state index is 11.8. The maximum absolute atomic E-state index is 11.8. The standard InChI is InChI=1S/C17H12Br2O3/c18-13-3-7-16(21)11(9-13)1-5-15(20)6-2-12-10-14(19)4-8-17(12)22/h1-10,21-22H/b5-1-,6-2-. The summed E-state index contributed by atoms with van der Waals surface area (Å²) in [4.78, 5) is 11.8. The lowest BCUT2D eigenvalue weighted by atomic mass is 10.1. The van der Waals surface area contributed by atoms with Crippen molar-refractivity contribution in [1.82, 2.24) is 0 Å². The molecule has 0 fully saturated rings. The maximum Gasteiger partial charge on any atom is 0.178 e. The summed E-state index contributed by atoms with van der Waals surface area (Å²) in [5.74, 6) is -0.0551. The molecular weight excluding hydrogens is 412 g/mol. The summed E-state index contributed by atoms with van der Waals surface area (Å²) in [5.41, 5.74) is 1.09. The molecule has 0 unspecified atom stereocenters. The van der Waals surface area contributed by atoms with Gasteiger partial charge in [0, 0.05) is 20.1 Å². The topological polar surface area (TPSA) is 57.5 Å². The van der Waals surface area contributed by atoms with Crippen LogP contribution in [0.4, 0.5) is 0 Å². The molecule has 0 saturated heterocycles. The number of benzene rings is 2. The fourth-order valence-electron chi connectivity index (χ4n) is 1.72. The minimum atomic E-state index is -0.251. The molecule has 2 rings (SSSR count). The SMILES string of the molecule is O=C(/C=C\c1cc(Br)ccc1O)/C=C\c1cc(Br)ccc1O. The van der Waals surface area contributed by atoms with E-state index in [2.05, 4.69) is 31.9 Å². The molecule has 2 aromatic carbocycles. The Hall–Kier alpha value is -1.85. The largest absolute Gasteiger partial charge is 0.507 e. The van der Waals surface area contributed by atoms with E-state index >= 15 is 0 Å². The van der Waals surface area contributed by atoms with Gasteiger partial charge in [0.15, 0.2) is 5.78 Å². The number of phenols is 2. The first-order valence-corrected chi connectivity index (χ1v) is 7.91. The van der Waals surface area contributed by atoms with Crippen LogP contribution in [0.1, 0.15) is 11.1 Å². The Morgan fingerprint density at radius 1 is 0.818 bits per heavy atom. The molecule has 0 atom stereocenters. The molecule has 0 aliphatic carbocycles. The molecule has 2 aromatic rings. The minimum Gasteiger partial charge on any atom is -0.507 e. The quantitative estimate of drug-likeness (QED) is 0.686. The normalized spacial score (nSPS) is 11.4. The molecule has 0 bridgehead atoms. The Morgan fingerprint density at radius 2 is 1.23 bits per heavy atom. The fraction of sp³-hybridized carbons (Fsp3) is 0. The first-order chi connectivity index (χ1) is 10.5. The number of rotatable bonds is 4. The summed E-state index contributed by atoms with van der Waals surface area (Å²) in [7, 11) is 0. The smallest absolute Gasteiger partial charge is 0.178 e. The van der Waals surface area contributed by atoms with Crippen LogP contribution in [0.15, 0.2) is 57.5 Å². The van der Waals surface area contributed by atoms with E-state index in [-0.39, 0.29) is 17.3 Å². The average molecular weight is 424 g/mol. The Bertz CT molecular complexity index is 701. The van der Waals surface area contributed by atoms with E-state index < -0.39 is 0 Å². The lowest BCUT2D eigenvalue weighted by Gasteiger charge is -1.99. The first-order valence-electron chi connectivity index (χ1n) is 6.33. The van der Waals surface area contributed by atoms with Gasteiger partial charge in [0.2, 0.25) is 0 Å². The van der Waals surface area contributed by atoms with Gasteiger partial charge in [-0.15, -0.1) is 0 Å². The van der Waals surface area contributed by atoms with Gasteiger partial charge < -0.3 is 10.2 Å². The predicted molar refractivity (Wildman–Crippen MR) is 94.7 cm³/mol. The van der Waals surface area contributed by atoms with E-state index in [0.29, 0.717) is 11.1 Å². The van der Waals surface area contributed by atoms with Crippen LogP contribution >= 0.6 is 31.9 Å². The second-order valence-corrected chi connectivity index (χ2v) is 6.31. The molecule has 0 amide bonds. The number of ketones is 1. The van der Waals surface area contributed by atoms with Crippen LogP contribution in [0.3, 0.4) is 0 Å². The van der Waals surface area contributed by atoms with Gasteiger partial charge in [-0.2, -0.15) is 0 Å². The van der Waals surface area contributed by atoms with Crippen molar-refractivity contribution < 1.29 is 15.0 Å². The van der Waals surface area contributed by atoms with Crippen molar-refractivity contribution in [3.05, 3.63) is 68.6 Å². The number of hydrogen-bond donors (Lipinski definition) is 2. The van der Waals surface area contributed by atoms with Gasteiger partial charge in [-0.05, 0) is 60.7 Å². The van der Waals surface area contributed by atoms with Crippen molar-refractivity contribution in [2.45, 2.75) is 0 Å². The number of phenolic OH excluding ortho intramolecular Hbond substituents is 2. The monoisotopic (exact) mass is 422 g/mol. The molecule has 0 spiro atoms. The van der Waals surface area contributed by atoms with E-state index in [4.69, 9.17) is 0 Å². The summed E-state index contributed by atoms with van der Waals surface area (Å²) in [6, 6.07) is 9.94. The zero-order valence-electron chi connectivity index (χ0n) is 11.3. The van der Waals surface area contributed by atoms with E-state index in [0.717, 1.165) is 8.95 Å². The summed E-state index contributed by atoms with van der Waals surface area (Å²) < 4.78 is 1.62. The highest BCUT2D eigenvalue weighted by molar-refractivity contribution is 9.10. The Morgan fingerprint density at radius 3 is 1.64 bits per heavy atom. The molecule has 22 heavy (non-hydrogen) atoms. The van der Waals surface area contributed by atoms with Crippen molar-refractivity contribution in [3.8, 4) is 11.5 Å². The highest BCUT2D eigenvalue weighted by Gasteiger charge is 2.00. The molecule has 3 nitrogen and oxygen atoms in total. The van der Waals surface area contributed by atoms with Gasteiger partial charge in [-0.3, -0.25) is 4.79 Å². The van der Waals surface area contributed by atoms with E-state index in [9.17, 15) is 15.0 Å². The average Bonchev–Trinajstić information content (AvgIpc) is 2.49. The number of aromatic hydroxyl groups is 2. The zero-order chi connectivity index (χ0) is 16.1. The van der Waals surface area contributed by atoms with Gasteiger partial charge in [0.05, 0.1) is 0 Å². The van der Waals surface area contributed by atoms with Crippen LogP contribution in [0.5, 0.6) is 11.5 Å². The molecule has 0 saturated carbocycles. The van der Waals surface area contributed by atoms with Crippen molar-refractivity contribution in [1.29, 1.82) is 0 Å². The highest BCUT2D eigenvalue weighted by atomic mass is 79.9. The molecule has 0 aromatic heterocycles. The van der Waals surface area contributed by atoms with Crippen molar-refractivity contribution in [2.24, 2.45) is 0 Å². The molecule has 0 heterocycles. The van der Waals surface area contributed by atoms with E-state index in [1.165, 1.54) is 24.3 Å². The third kappa shape index (κ3) is 4.58. The van der Waals surface area contributed by atoms with Gasteiger partial charge >= 0.3 is 0 Å². The second-order valence-electron chi connectivity index (χ2n) is 4.48. The van der Waals surface area contributed by atoms with Gasteiger partial charge in [-0.25, -0.2) is 0 Å². The van der Waals surface area contributed by atoms with Crippen molar-refractivity contribution >= 4 is 49.8 Å². The number of allylic oxidation sites excluding steroid dienone is 2. The van der Waals surface area contributed by atoms with Crippen LogP contribution in [-0.4, -0.2) is 16.0 Å². The zero-order valence-corrected chi connectivity index (χ0v) is 14.5. The fourth-order valence-corrected chi connectivity index (χ4v) is 2.47. The third-order valence-electron chi connectivity index (χ3n) is 2.83. The number of hydrogen-bond acceptors (Lipinski definition) is 3. The lowest BCUT2D eigenvalue weighted by Crippen LogP contribution is -1.86. The van der Waals surface area contributed by atoms with Crippen LogP contribution in [-0.2, 0) is 4.79 Å². The van der Waals surface area contributed by atoms with E-state index in [1.54, 1.807) is 36.4 Å². The Kier molecular flexibility index (Phi) is 5.57. The predicted octanol–water partition coefficient (Wildman–Crippen LogP) is 4.92. The Balaban J connectivity index is 2.12. The minimum absolute atomic E-state index is 0.0980. The van der Waals surface area contributed by atoms with Gasteiger partial charge in [0.1, 0.15) is 11.5 Å². The third-order valence-corrected chi connectivity index (χ3v) is 3.82. The highest BCUT2D eigenvalue weighted by Crippen LogP contribution is 2.24. The molecule has 112 valence electrons. The van der Waals surface area contributed by atoms with Gasteiger partial charge in [-0.1, -0.05) is 31.9 Å². The Labute approximate surface area is 144 Å². The van der Waals surface area contributed by atoms with Gasteiger partial charge in [0.25, 0.3) is 0 Å². The summed E-state index contributed by atoms with van der Waals surface area (Å²) in [6.07, 6.45) is 5.78. The summed E-state index contributed by atoms with van der Waals surface area (Å²) >= 11 is 6.61. The first kappa shape index (κ1) is 16.5. The number of carbonyl (C=O) groups is 1. The summed E-state index contributed by atoms with van der Waals surface area (Å²) in [6.45, 7) is 0. The number of halogens is 2. The lowest BCUT2D eigenvalue weighted by molar-refractivity contribution is -0.110.